The van der Waals surface area contributed by atoms with E-state index < -0.39 is 10.0 Å². The number of nitrogens with zero attached hydrogens (tertiary/aromatic N) is 1. The number of carbonyl (C=O) groups is 1. The number of amides is 1. The summed E-state index contributed by atoms with van der Waals surface area (Å²) in [5.74, 6) is 0.244. The van der Waals surface area contributed by atoms with Gasteiger partial charge >= 0.3 is 0 Å². The summed E-state index contributed by atoms with van der Waals surface area (Å²) in [5.41, 5.74) is 7.38. The van der Waals surface area contributed by atoms with Crippen LogP contribution in [-0.4, -0.2) is 44.3 Å². The van der Waals surface area contributed by atoms with E-state index in [4.69, 9.17) is 5.73 Å². The van der Waals surface area contributed by atoms with Crippen molar-refractivity contribution < 1.29 is 13.2 Å². The molecule has 1 saturated heterocycles. The third-order valence-electron chi connectivity index (χ3n) is 4.97. The number of hydrogen-bond donors (Lipinski definition) is 2. The van der Waals surface area contributed by atoms with Gasteiger partial charge in [-0.2, -0.15) is 4.31 Å². The van der Waals surface area contributed by atoms with E-state index in [-0.39, 0.29) is 16.8 Å². The van der Waals surface area contributed by atoms with Gasteiger partial charge in [0.25, 0.3) is 5.91 Å². The lowest BCUT2D eigenvalue weighted by molar-refractivity contribution is 0.0941. The normalized spacial score (nSPS) is 18.1. The number of piperidine rings is 1. The monoisotopic (exact) mass is 367 g/mol. The minimum atomic E-state index is -3.60. The van der Waals surface area contributed by atoms with Crippen LogP contribution in [0.5, 0.6) is 0 Å². The van der Waals surface area contributed by atoms with Gasteiger partial charge in [0.1, 0.15) is 0 Å². The minimum Gasteiger partial charge on any atom is -0.348 e. The van der Waals surface area contributed by atoms with Crippen molar-refractivity contribution in [3.8, 4) is 0 Å². The molecule has 25 heavy (non-hydrogen) atoms. The van der Waals surface area contributed by atoms with Crippen molar-refractivity contribution in [3.05, 3.63) is 28.8 Å². The quantitative estimate of drug-likeness (QED) is 0.830. The van der Waals surface area contributed by atoms with E-state index in [1.807, 2.05) is 13.8 Å². The van der Waals surface area contributed by atoms with Crippen molar-refractivity contribution in [3.63, 3.8) is 0 Å². The average Bonchev–Trinajstić information content (AvgIpc) is 2.57. The molecule has 6 nitrogen and oxygen atoms in total. The molecule has 0 radical (unpaired) electrons. The van der Waals surface area contributed by atoms with Crippen molar-refractivity contribution in [1.29, 1.82) is 0 Å². The zero-order chi connectivity index (χ0) is 18.8. The van der Waals surface area contributed by atoms with E-state index in [2.05, 4.69) is 12.2 Å². The molecule has 7 heteroatoms. The van der Waals surface area contributed by atoms with Crippen molar-refractivity contribution in [2.75, 3.05) is 19.6 Å². The Kier molecular flexibility index (Phi) is 6.24. The van der Waals surface area contributed by atoms with Crippen LogP contribution in [0.3, 0.4) is 0 Å². The predicted molar refractivity (Wildman–Crippen MR) is 99.1 cm³/mol. The van der Waals surface area contributed by atoms with Crippen LogP contribution in [0.2, 0.25) is 0 Å². The van der Waals surface area contributed by atoms with Crippen LogP contribution in [0.15, 0.2) is 17.0 Å². The molecule has 1 aromatic rings. The fourth-order valence-corrected chi connectivity index (χ4v) is 4.75. The van der Waals surface area contributed by atoms with Crippen molar-refractivity contribution in [2.45, 2.75) is 51.5 Å². The molecule has 1 amide bonds. The first-order valence-corrected chi connectivity index (χ1v) is 10.2. The van der Waals surface area contributed by atoms with Crippen LogP contribution in [0.1, 0.15) is 48.2 Å². The number of sulfonamides is 1. The Labute approximate surface area is 150 Å². The lowest BCUT2D eigenvalue weighted by Crippen LogP contribution is -2.39. The summed E-state index contributed by atoms with van der Waals surface area (Å²) in [6.45, 7) is 8.96. The molecule has 0 saturated carbocycles. The summed E-state index contributed by atoms with van der Waals surface area (Å²) in [6.07, 6.45) is 1.73. The Bertz CT molecular complexity index is 738. The van der Waals surface area contributed by atoms with Crippen LogP contribution in [0, 0.1) is 19.8 Å². The standard InChI is InChI=1S/C18H29N3O3S/c1-12-5-7-21(8-6-12)25(23,24)17-10-16(9-13(2)15(17)4)18(22)20-14(3)11-19/h9-10,12,14H,5-8,11,19H2,1-4H3,(H,20,22)/t14-/m0/s1. The molecule has 0 unspecified atom stereocenters. The molecule has 1 heterocycles. The summed E-state index contributed by atoms with van der Waals surface area (Å²) < 4.78 is 27.7. The molecule has 0 bridgehead atoms. The van der Waals surface area contributed by atoms with Gasteiger partial charge in [0, 0.05) is 31.2 Å². The van der Waals surface area contributed by atoms with Crippen LogP contribution in [0.4, 0.5) is 0 Å². The molecule has 0 aliphatic carbocycles. The minimum absolute atomic E-state index is 0.169. The molecule has 0 aromatic heterocycles. The first kappa shape index (κ1) is 19.9. The van der Waals surface area contributed by atoms with Crippen LogP contribution >= 0.6 is 0 Å². The highest BCUT2D eigenvalue weighted by Crippen LogP contribution is 2.28. The Morgan fingerprint density at radius 1 is 1.32 bits per heavy atom. The van der Waals surface area contributed by atoms with Gasteiger partial charge < -0.3 is 11.1 Å². The third kappa shape index (κ3) is 4.40. The van der Waals surface area contributed by atoms with Crippen molar-refractivity contribution in [1.82, 2.24) is 9.62 Å². The second-order valence-corrected chi connectivity index (χ2v) is 9.02. The van der Waals surface area contributed by atoms with Crippen LogP contribution in [-0.2, 0) is 10.0 Å². The van der Waals surface area contributed by atoms with Crippen LogP contribution in [0.25, 0.3) is 0 Å². The molecule has 2 rings (SSSR count). The summed E-state index contributed by atoms with van der Waals surface area (Å²) in [6, 6.07) is 3.05. The zero-order valence-corrected chi connectivity index (χ0v) is 16.3. The Morgan fingerprint density at radius 2 is 1.92 bits per heavy atom. The lowest BCUT2D eigenvalue weighted by atomic mass is 10.0. The highest BCUT2D eigenvalue weighted by atomic mass is 32.2. The van der Waals surface area contributed by atoms with Gasteiger partial charge in [-0.25, -0.2) is 8.42 Å². The zero-order valence-electron chi connectivity index (χ0n) is 15.5. The fourth-order valence-electron chi connectivity index (χ4n) is 2.96. The number of benzene rings is 1. The molecule has 1 aromatic carbocycles. The maximum absolute atomic E-state index is 13.1. The smallest absolute Gasteiger partial charge is 0.251 e. The van der Waals surface area contributed by atoms with Gasteiger partial charge in [0.15, 0.2) is 0 Å². The second-order valence-electron chi connectivity index (χ2n) is 7.11. The number of aryl methyl sites for hydroxylation is 1. The van der Waals surface area contributed by atoms with Crippen molar-refractivity contribution in [2.24, 2.45) is 11.7 Å². The maximum atomic E-state index is 13.1. The SMILES string of the molecule is Cc1cc(C(=O)N[C@@H](C)CN)cc(S(=O)(=O)N2CCC(C)CC2)c1C. The van der Waals surface area contributed by atoms with Gasteiger partial charge in [0.2, 0.25) is 10.0 Å². The van der Waals surface area contributed by atoms with Gasteiger partial charge in [0.05, 0.1) is 4.90 Å². The van der Waals surface area contributed by atoms with Gasteiger partial charge in [-0.3, -0.25) is 4.79 Å². The summed E-state index contributed by atoms with van der Waals surface area (Å²) >= 11 is 0. The topological polar surface area (TPSA) is 92.5 Å². The first-order valence-electron chi connectivity index (χ1n) is 8.79. The summed E-state index contributed by atoms with van der Waals surface area (Å²) in [4.78, 5) is 12.6. The highest BCUT2D eigenvalue weighted by molar-refractivity contribution is 7.89. The summed E-state index contributed by atoms with van der Waals surface area (Å²) in [7, 11) is -3.60. The molecule has 1 fully saturated rings. The summed E-state index contributed by atoms with van der Waals surface area (Å²) in [5, 5.41) is 2.78. The molecule has 1 aliphatic heterocycles. The van der Waals surface area contributed by atoms with Crippen molar-refractivity contribution >= 4 is 15.9 Å². The largest absolute Gasteiger partial charge is 0.348 e. The van der Waals surface area contributed by atoms with E-state index in [0.717, 1.165) is 18.4 Å². The van der Waals surface area contributed by atoms with E-state index in [9.17, 15) is 13.2 Å². The number of hydrogen-bond acceptors (Lipinski definition) is 4. The maximum Gasteiger partial charge on any atom is 0.251 e. The van der Waals surface area contributed by atoms with E-state index in [1.165, 1.54) is 6.07 Å². The molecular weight excluding hydrogens is 338 g/mol. The number of carbonyl (C=O) groups excluding carboxylic acids is 1. The third-order valence-corrected chi connectivity index (χ3v) is 7.00. The molecule has 3 N–H and O–H groups in total. The molecule has 0 spiro atoms. The van der Waals surface area contributed by atoms with Crippen LogP contribution < -0.4 is 11.1 Å². The van der Waals surface area contributed by atoms with E-state index in [1.54, 1.807) is 17.3 Å². The number of rotatable bonds is 5. The number of nitrogens with one attached hydrogen (secondary N) is 1. The molecule has 1 aliphatic rings. The molecular formula is C18H29N3O3S. The highest BCUT2D eigenvalue weighted by Gasteiger charge is 2.30. The lowest BCUT2D eigenvalue weighted by Gasteiger charge is -2.30. The predicted octanol–water partition coefficient (Wildman–Crippen LogP) is 1.80. The van der Waals surface area contributed by atoms with E-state index in [0.29, 0.717) is 36.7 Å². The molecule has 140 valence electrons. The first-order chi connectivity index (χ1) is 11.7. The molecule has 1 atom stereocenters. The Morgan fingerprint density at radius 3 is 2.48 bits per heavy atom. The Hall–Kier alpha value is -1.44. The average molecular weight is 368 g/mol. The van der Waals surface area contributed by atoms with Gasteiger partial charge in [-0.1, -0.05) is 6.92 Å². The van der Waals surface area contributed by atoms with Gasteiger partial charge in [-0.05, 0) is 62.8 Å². The van der Waals surface area contributed by atoms with E-state index >= 15 is 0 Å². The fraction of sp³-hybridized carbons (Fsp3) is 0.611. The van der Waals surface area contributed by atoms with Gasteiger partial charge in [-0.15, -0.1) is 0 Å². The second kappa shape index (κ2) is 7.85. The number of nitrogens with two attached hydrogens (primary N) is 1. The Balaban J connectivity index is 2.38.